The minimum absolute atomic E-state index is 0.0479. The third-order valence-electron chi connectivity index (χ3n) is 4.00. The maximum Gasteiger partial charge on any atom is 0.0592 e. The lowest BCUT2D eigenvalue weighted by molar-refractivity contribution is 0.237. The number of hydrogen-bond donors (Lipinski definition) is 0. The van der Waals surface area contributed by atoms with Gasteiger partial charge in [-0.1, -0.05) is 12.0 Å². The van der Waals surface area contributed by atoms with Gasteiger partial charge in [0.05, 0.1) is 10.9 Å². The van der Waals surface area contributed by atoms with Gasteiger partial charge in [0, 0.05) is 14.4 Å². The molecule has 0 spiro atoms. The van der Waals surface area contributed by atoms with E-state index in [1.807, 2.05) is 11.8 Å². The third-order valence-corrected chi connectivity index (χ3v) is 6.77. The number of nitrogens with zero attached hydrogens (tertiary/aromatic N) is 3. The van der Waals surface area contributed by atoms with Gasteiger partial charge in [-0.3, -0.25) is 0 Å². The molecule has 3 rings (SSSR count). The molecule has 5 heteroatoms. The van der Waals surface area contributed by atoms with Crippen molar-refractivity contribution in [3.8, 4) is 0 Å². The van der Waals surface area contributed by atoms with Gasteiger partial charge in [0.2, 0.25) is 0 Å². The Balaban J connectivity index is 2.38. The van der Waals surface area contributed by atoms with Crippen molar-refractivity contribution in [1.82, 2.24) is 0 Å². The Bertz CT molecular complexity index is 340. The number of hydrogen-bond acceptors (Lipinski definition) is 2. The van der Waals surface area contributed by atoms with Crippen LogP contribution < -0.4 is 0 Å². The van der Waals surface area contributed by atoms with Crippen LogP contribution in [-0.2, 0) is 0 Å². The molecule has 0 amide bonds. The molecule has 3 unspecified atom stereocenters. The molecule has 0 aromatic rings. The Morgan fingerprint density at radius 3 is 2.60 bits per heavy atom. The van der Waals surface area contributed by atoms with Crippen LogP contribution in [0.15, 0.2) is 5.11 Å². The second-order valence-corrected chi connectivity index (χ2v) is 8.20. The molecule has 0 radical (unpaired) electrons. The van der Waals surface area contributed by atoms with Gasteiger partial charge in [-0.2, -0.15) is 0 Å². The summed E-state index contributed by atoms with van der Waals surface area (Å²) in [5.74, 6) is 0. The summed E-state index contributed by atoms with van der Waals surface area (Å²) in [5.41, 5.74) is 8.58. The topological polar surface area (TPSA) is 48.8 Å². The first-order valence-electron chi connectivity index (χ1n) is 5.26. The summed E-state index contributed by atoms with van der Waals surface area (Å²) in [6, 6.07) is 0.0479. The fourth-order valence-electron chi connectivity index (χ4n) is 2.80. The lowest BCUT2D eigenvalue weighted by atomic mass is 9.72. The van der Waals surface area contributed by atoms with Gasteiger partial charge in [0.25, 0.3) is 0 Å². The molecule has 0 aromatic carbocycles. The summed E-state index contributed by atoms with van der Waals surface area (Å²) < 4.78 is 0.148. The highest BCUT2D eigenvalue weighted by Gasteiger charge is 2.60. The monoisotopic (exact) mass is 245 g/mol. The first kappa shape index (κ1) is 11.4. The van der Waals surface area contributed by atoms with Crippen LogP contribution in [0.3, 0.4) is 0 Å². The number of thioether (sulfide) groups is 1. The van der Waals surface area contributed by atoms with Crippen LogP contribution in [0, 0.1) is 0 Å². The van der Waals surface area contributed by atoms with Crippen molar-refractivity contribution in [2.24, 2.45) is 5.11 Å². The van der Waals surface area contributed by atoms with E-state index in [1.54, 1.807) is 0 Å². The van der Waals surface area contributed by atoms with E-state index >= 15 is 0 Å². The van der Waals surface area contributed by atoms with Crippen molar-refractivity contribution in [2.75, 3.05) is 0 Å². The zero-order valence-corrected chi connectivity index (χ0v) is 10.9. The molecule has 1 saturated carbocycles. The van der Waals surface area contributed by atoms with E-state index in [4.69, 9.17) is 17.1 Å². The number of halogens is 1. The Labute approximate surface area is 99.6 Å². The van der Waals surface area contributed by atoms with Gasteiger partial charge in [-0.15, -0.1) is 23.4 Å². The number of alkyl halides is 1. The standard InChI is InChI=1S/C10H16ClN3S/c1-8(2)10(11)5-4-9(3,15-8)7(6-10)13-14-12/h7H,4-6H2,1-3H3. The smallest absolute Gasteiger partial charge is 0.0592 e. The molecular formula is C10H16ClN3S. The van der Waals surface area contributed by atoms with Gasteiger partial charge < -0.3 is 0 Å². The third kappa shape index (κ3) is 1.54. The quantitative estimate of drug-likeness (QED) is 0.297. The van der Waals surface area contributed by atoms with Crippen LogP contribution in [0.4, 0.5) is 0 Å². The Kier molecular flexibility index (Phi) is 2.46. The molecule has 15 heavy (non-hydrogen) atoms. The van der Waals surface area contributed by atoms with Crippen molar-refractivity contribution < 1.29 is 0 Å². The van der Waals surface area contributed by atoms with Crippen molar-refractivity contribution in [3.63, 3.8) is 0 Å². The van der Waals surface area contributed by atoms with E-state index in [0.29, 0.717) is 0 Å². The van der Waals surface area contributed by atoms with E-state index < -0.39 is 0 Å². The Hall–Kier alpha value is -0.0500. The van der Waals surface area contributed by atoms with Gasteiger partial charge in [-0.05, 0) is 38.6 Å². The van der Waals surface area contributed by atoms with Gasteiger partial charge >= 0.3 is 0 Å². The molecule has 84 valence electrons. The van der Waals surface area contributed by atoms with Gasteiger partial charge in [-0.25, -0.2) is 0 Å². The van der Waals surface area contributed by atoms with Crippen molar-refractivity contribution in [1.29, 1.82) is 0 Å². The molecule has 3 aliphatic rings. The highest BCUT2D eigenvalue weighted by atomic mass is 35.5. The molecule has 1 aliphatic carbocycles. The molecule has 2 aliphatic heterocycles. The minimum Gasteiger partial charge on any atom is -0.147 e. The second kappa shape index (κ2) is 3.22. The number of fused-ring (bicyclic) bond motifs is 3. The number of azide groups is 1. The Morgan fingerprint density at radius 2 is 2.07 bits per heavy atom. The van der Waals surface area contributed by atoms with Crippen LogP contribution in [0.1, 0.15) is 40.0 Å². The highest BCUT2D eigenvalue weighted by molar-refractivity contribution is 8.02. The molecule has 2 bridgehead atoms. The molecule has 2 saturated heterocycles. The molecule has 3 nitrogen and oxygen atoms in total. The maximum atomic E-state index is 8.58. The zero-order chi connectivity index (χ0) is 11.3. The first-order chi connectivity index (χ1) is 6.83. The summed E-state index contributed by atoms with van der Waals surface area (Å²) in [6.45, 7) is 6.61. The van der Waals surface area contributed by atoms with E-state index in [1.165, 1.54) is 0 Å². The van der Waals surface area contributed by atoms with Crippen molar-refractivity contribution in [2.45, 2.75) is 60.4 Å². The average molecular weight is 246 g/mol. The van der Waals surface area contributed by atoms with Crippen molar-refractivity contribution >= 4 is 23.4 Å². The predicted octanol–water partition coefficient (Wildman–Crippen LogP) is 4.11. The molecule has 3 fully saturated rings. The van der Waals surface area contributed by atoms with Crippen LogP contribution in [-0.4, -0.2) is 20.4 Å². The summed E-state index contributed by atoms with van der Waals surface area (Å²) in [5, 5.41) is 3.92. The van der Waals surface area contributed by atoms with Crippen LogP contribution in [0.5, 0.6) is 0 Å². The largest absolute Gasteiger partial charge is 0.147 e. The van der Waals surface area contributed by atoms with Crippen LogP contribution in [0.2, 0.25) is 0 Å². The summed E-state index contributed by atoms with van der Waals surface area (Å²) in [4.78, 5) is 2.76. The van der Waals surface area contributed by atoms with E-state index in [-0.39, 0.29) is 20.4 Å². The van der Waals surface area contributed by atoms with Crippen molar-refractivity contribution in [3.05, 3.63) is 10.4 Å². The molecule has 2 heterocycles. The van der Waals surface area contributed by atoms with E-state index in [2.05, 4.69) is 30.8 Å². The predicted molar refractivity (Wildman–Crippen MR) is 65.4 cm³/mol. The summed E-state index contributed by atoms with van der Waals surface area (Å²) in [7, 11) is 0. The maximum absolute atomic E-state index is 8.58. The van der Waals surface area contributed by atoms with Crippen LogP contribution >= 0.6 is 23.4 Å². The van der Waals surface area contributed by atoms with Crippen LogP contribution in [0.25, 0.3) is 10.4 Å². The zero-order valence-electron chi connectivity index (χ0n) is 9.33. The number of rotatable bonds is 1. The normalized spacial score (nSPS) is 47.3. The fraction of sp³-hybridized carbons (Fsp3) is 1.00. The SMILES string of the molecule is CC12CCC(Cl)(CC1N=[N+]=[N-])C(C)(C)S2. The van der Waals surface area contributed by atoms with E-state index in [0.717, 1.165) is 19.3 Å². The summed E-state index contributed by atoms with van der Waals surface area (Å²) >= 11 is 8.57. The first-order valence-corrected chi connectivity index (χ1v) is 6.46. The van der Waals surface area contributed by atoms with Gasteiger partial charge in [0.1, 0.15) is 0 Å². The average Bonchev–Trinajstić information content (AvgIpc) is 2.10. The molecule has 0 aromatic heterocycles. The second-order valence-electron chi connectivity index (χ2n) is 5.32. The lowest BCUT2D eigenvalue weighted by Crippen LogP contribution is -2.62. The fourth-order valence-corrected chi connectivity index (χ4v) is 5.16. The molecular weight excluding hydrogens is 230 g/mol. The molecule has 3 atom stereocenters. The minimum atomic E-state index is -0.200. The van der Waals surface area contributed by atoms with Gasteiger partial charge in [0.15, 0.2) is 0 Å². The molecule has 0 N–H and O–H groups in total. The van der Waals surface area contributed by atoms with E-state index in [9.17, 15) is 0 Å². The Morgan fingerprint density at radius 1 is 1.40 bits per heavy atom. The lowest BCUT2D eigenvalue weighted by Gasteiger charge is -2.60. The highest BCUT2D eigenvalue weighted by Crippen LogP contribution is 2.64. The summed E-state index contributed by atoms with van der Waals surface area (Å²) in [6.07, 6.45) is 2.89.